The highest BCUT2D eigenvalue weighted by atomic mass is 32.2. The van der Waals surface area contributed by atoms with Gasteiger partial charge in [-0.25, -0.2) is 18.1 Å². The molecule has 0 bridgehead atoms. The Hall–Kier alpha value is -3.92. The summed E-state index contributed by atoms with van der Waals surface area (Å²) < 4.78 is 41.4. The fourth-order valence-electron chi connectivity index (χ4n) is 3.52. The average Bonchev–Trinajstić information content (AvgIpc) is 3.18. The van der Waals surface area contributed by atoms with Crippen LogP contribution < -0.4 is 14.2 Å². The number of nitrogens with zero attached hydrogens (tertiary/aromatic N) is 4. The quantitative estimate of drug-likeness (QED) is 0.288. The molecule has 0 unspecified atom stereocenters. The molecule has 36 heavy (non-hydrogen) atoms. The number of hydrogen-bond acceptors (Lipinski definition) is 7. The molecule has 0 amide bonds. The normalized spacial score (nSPS) is 11.3. The molecule has 10 heteroatoms. The Labute approximate surface area is 211 Å². The molecule has 4 rings (SSSR count). The lowest BCUT2D eigenvalue weighted by atomic mass is 10.3. The van der Waals surface area contributed by atoms with Gasteiger partial charge in [-0.2, -0.15) is 10.1 Å². The summed E-state index contributed by atoms with van der Waals surface area (Å²) in [6.07, 6.45) is 1.98. The van der Waals surface area contributed by atoms with E-state index in [9.17, 15) is 8.42 Å². The molecule has 0 spiro atoms. The maximum absolute atomic E-state index is 12.8. The Kier molecular flexibility index (Phi) is 7.54. The minimum atomic E-state index is -3.75. The van der Waals surface area contributed by atoms with E-state index >= 15 is 0 Å². The largest absolute Gasteiger partial charge is 0.494 e. The molecule has 9 nitrogen and oxygen atoms in total. The summed E-state index contributed by atoms with van der Waals surface area (Å²) in [6.45, 7) is 8.34. The summed E-state index contributed by atoms with van der Waals surface area (Å²) in [7, 11) is -3.75. The van der Waals surface area contributed by atoms with E-state index in [0.29, 0.717) is 41.3 Å². The van der Waals surface area contributed by atoms with Crippen molar-refractivity contribution in [1.82, 2.24) is 19.7 Å². The molecule has 0 saturated heterocycles. The minimum absolute atomic E-state index is 0.152. The van der Waals surface area contributed by atoms with Crippen molar-refractivity contribution in [2.75, 3.05) is 11.3 Å². The molecular formula is C26H29N5O4S. The highest BCUT2D eigenvalue weighted by Gasteiger charge is 2.15. The third kappa shape index (κ3) is 6.19. The van der Waals surface area contributed by atoms with Crippen LogP contribution in [-0.2, 0) is 10.0 Å². The smallest absolute Gasteiger partial charge is 0.261 e. The zero-order valence-electron chi connectivity index (χ0n) is 20.7. The van der Waals surface area contributed by atoms with Gasteiger partial charge in [-0.15, -0.1) is 0 Å². The van der Waals surface area contributed by atoms with Gasteiger partial charge in [0.1, 0.15) is 17.3 Å². The molecule has 0 aliphatic carbocycles. The van der Waals surface area contributed by atoms with Gasteiger partial charge in [-0.05, 0) is 81.8 Å². The summed E-state index contributed by atoms with van der Waals surface area (Å²) in [5, 5.41) is 4.46. The first-order valence-electron chi connectivity index (χ1n) is 11.7. The van der Waals surface area contributed by atoms with Crippen molar-refractivity contribution < 1.29 is 17.9 Å². The van der Waals surface area contributed by atoms with Gasteiger partial charge in [0, 0.05) is 17.4 Å². The van der Waals surface area contributed by atoms with E-state index in [-0.39, 0.29) is 4.90 Å². The maximum Gasteiger partial charge on any atom is 0.261 e. The van der Waals surface area contributed by atoms with E-state index in [2.05, 4.69) is 26.7 Å². The lowest BCUT2D eigenvalue weighted by molar-refractivity contribution is 0.309. The number of sulfonamides is 1. The third-order valence-corrected chi connectivity index (χ3v) is 6.65. The van der Waals surface area contributed by atoms with E-state index in [1.807, 2.05) is 19.9 Å². The van der Waals surface area contributed by atoms with Gasteiger partial charge >= 0.3 is 0 Å². The van der Waals surface area contributed by atoms with E-state index in [1.165, 1.54) is 12.1 Å². The number of anilines is 1. The van der Waals surface area contributed by atoms with Crippen LogP contribution >= 0.6 is 0 Å². The van der Waals surface area contributed by atoms with Crippen LogP contribution in [-0.4, -0.2) is 34.8 Å². The van der Waals surface area contributed by atoms with Gasteiger partial charge in [-0.1, -0.05) is 13.3 Å². The number of aryl methyl sites for hydroxylation is 3. The molecule has 0 saturated carbocycles. The molecule has 0 radical (unpaired) electrons. The van der Waals surface area contributed by atoms with Crippen molar-refractivity contribution >= 4 is 15.7 Å². The summed E-state index contributed by atoms with van der Waals surface area (Å²) in [5.74, 6) is 2.66. The van der Waals surface area contributed by atoms with Crippen LogP contribution in [0.3, 0.4) is 0 Å². The van der Waals surface area contributed by atoms with E-state index < -0.39 is 10.0 Å². The molecule has 0 atom stereocenters. The van der Waals surface area contributed by atoms with Crippen LogP contribution in [0.15, 0.2) is 65.6 Å². The Balaban J connectivity index is 1.44. The molecule has 2 aromatic carbocycles. The molecule has 4 aromatic rings. The van der Waals surface area contributed by atoms with Crippen LogP contribution in [0.5, 0.6) is 17.4 Å². The molecule has 2 heterocycles. The van der Waals surface area contributed by atoms with Gasteiger partial charge < -0.3 is 9.47 Å². The second-order valence-electron chi connectivity index (χ2n) is 8.36. The van der Waals surface area contributed by atoms with Crippen molar-refractivity contribution in [3.05, 3.63) is 77.9 Å². The standard InChI is InChI=1S/C26H29N5O4S/c1-5-6-15-34-22-11-13-24(14-12-22)36(32,33)30-21-7-9-23(10-8-21)35-26-17-25(27-20(4)28-26)31-19(3)16-18(2)29-31/h7-14,16-17,30H,5-6,15H2,1-4H3. The number of unbranched alkanes of at least 4 members (excludes halogenated alkanes) is 1. The monoisotopic (exact) mass is 507 g/mol. The molecule has 1 N–H and O–H groups in total. The third-order valence-electron chi connectivity index (χ3n) is 5.26. The summed E-state index contributed by atoms with van der Waals surface area (Å²) in [5.41, 5.74) is 2.25. The molecule has 188 valence electrons. The maximum atomic E-state index is 12.8. The van der Waals surface area contributed by atoms with E-state index in [0.717, 1.165) is 24.2 Å². The molecule has 0 aliphatic rings. The number of hydrogen-bond donors (Lipinski definition) is 1. The highest BCUT2D eigenvalue weighted by Crippen LogP contribution is 2.25. The first-order valence-corrected chi connectivity index (χ1v) is 13.1. The van der Waals surface area contributed by atoms with Gasteiger partial charge in [0.2, 0.25) is 5.88 Å². The van der Waals surface area contributed by atoms with Crippen LogP contribution in [0.1, 0.15) is 37.0 Å². The zero-order chi connectivity index (χ0) is 25.7. The van der Waals surface area contributed by atoms with Crippen molar-refractivity contribution in [2.45, 2.75) is 45.4 Å². The summed E-state index contributed by atoms with van der Waals surface area (Å²) >= 11 is 0. The SMILES string of the molecule is CCCCOc1ccc(S(=O)(=O)Nc2ccc(Oc3cc(-n4nc(C)cc4C)nc(C)n3)cc2)cc1. The fourth-order valence-corrected chi connectivity index (χ4v) is 4.58. The number of ether oxygens (including phenoxy) is 2. The average molecular weight is 508 g/mol. The topological polar surface area (TPSA) is 108 Å². The zero-order valence-corrected chi connectivity index (χ0v) is 21.5. The van der Waals surface area contributed by atoms with Crippen molar-refractivity contribution in [3.63, 3.8) is 0 Å². The Morgan fingerprint density at radius 2 is 1.61 bits per heavy atom. The second-order valence-corrected chi connectivity index (χ2v) is 10.0. The van der Waals surface area contributed by atoms with Crippen molar-refractivity contribution in [3.8, 4) is 23.2 Å². The first kappa shape index (κ1) is 25.2. The van der Waals surface area contributed by atoms with Gasteiger partial charge in [0.25, 0.3) is 10.0 Å². The fraction of sp³-hybridized carbons (Fsp3) is 0.269. The summed E-state index contributed by atoms with van der Waals surface area (Å²) in [4.78, 5) is 8.95. The Bertz CT molecular complexity index is 1430. The highest BCUT2D eigenvalue weighted by molar-refractivity contribution is 7.92. The molecule has 2 aromatic heterocycles. The minimum Gasteiger partial charge on any atom is -0.494 e. The first-order chi connectivity index (χ1) is 17.2. The Morgan fingerprint density at radius 3 is 2.25 bits per heavy atom. The lowest BCUT2D eigenvalue weighted by Crippen LogP contribution is -2.12. The van der Waals surface area contributed by atoms with E-state index in [4.69, 9.17) is 9.47 Å². The Morgan fingerprint density at radius 1 is 0.917 bits per heavy atom. The number of aromatic nitrogens is 4. The number of benzene rings is 2. The molecular weight excluding hydrogens is 478 g/mol. The van der Waals surface area contributed by atoms with Crippen LogP contribution in [0.4, 0.5) is 5.69 Å². The molecule has 0 aliphatic heterocycles. The van der Waals surface area contributed by atoms with Crippen LogP contribution in [0.2, 0.25) is 0 Å². The number of rotatable bonds is 10. The van der Waals surface area contributed by atoms with E-state index in [1.54, 1.807) is 54.1 Å². The second kappa shape index (κ2) is 10.8. The summed E-state index contributed by atoms with van der Waals surface area (Å²) in [6, 6.07) is 16.6. The molecule has 0 fully saturated rings. The van der Waals surface area contributed by atoms with Gasteiger partial charge in [0.05, 0.1) is 17.2 Å². The van der Waals surface area contributed by atoms with Crippen molar-refractivity contribution in [1.29, 1.82) is 0 Å². The van der Waals surface area contributed by atoms with Gasteiger partial charge in [0.15, 0.2) is 5.82 Å². The number of nitrogens with one attached hydrogen (secondary N) is 1. The van der Waals surface area contributed by atoms with Crippen LogP contribution in [0, 0.1) is 20.8 Å². The predicted octanol–water partition coefficient (Wildman–Crippen LogP) is 5.36. The predicted molar refractivity (Wildman–Crippen MR) is 138 cm³/mol. The van der Waals surface area contributed by atoms with Gasteiger partial charge in [-0.3, -0.25) is 4.72 Å². The van der Waals surface area contributed by atoms with Crippen molar-refractivity contribution in [2.24, 2.45) is 0 Å². The lowest BCUT2D eigenvalue weighted by Gasteiger charge is -2.11. The van der Waals surface area contributed by atoms with Crippen LogP contribution in [0.25, 0.3) is 5.82 Å².